The molecule has 2 heterocycles. The number of aromatic nitrogens is 2. The number of nitrogen functional groups attached to an aromatic ring is 1. The van der Waals surface area contributed by atoms with Crippen molar-refractivity contribution < 1.29 is 4.74 Å². The Morgan fingerprint density at radius 1 is 1.21 bits per heavy atom. The van der Waals surface area contributed by atoms with E-state index in [4.69, 9.17) is 22.7 Å². The van der Waals surface area contributed by atoms with Gasteiger partial charge in [-0.2, -0.15) is 0 Å². The van der Waals surface area contributed by atoms with E-state index >= 15 is 0 Å². The van der Waals surface area contributed by atoms with E-state index in [1.807, 2.05) is 56.3 Å². The smallest absolute Gasteiger partial charge is 0.330 e. The second-order valence-electron chi connectivity index (χ2n) is 8.62. The molecule has 4 N–H and O–H groups in total. The topological polar surface area (TPSA) is 105 Å². The van der Waals surface area contributed by atoms with Crippen LogP contribution in [0.1, 0.15) is 29.5 Å². The minimum Gasteiger partial charge on any atom is -0.383 e. The standard InChI is InChI=1S/C25H29N5O3S/c1-16-11-17(2)13-19(12-16)27-25(34)29(15-20-9-6-10-33-20)21-22(26)30(24(32)28-23(21)31)14-18-7-4-3-5-8-18/h3-5,7-8,11-13,20H,6,9-10,14-15,26H2,1-2H3,(H,27,34)(H,28,31,32)/t20-/m1/s1. The van der Waals surface area contributed by atoms with Crippen LogP contribution >= 0.6 is 12.2 Å². The van der Waals surface area contributed by atoms with Crippen molar-refractivity contribution in [3.8, 4) is 0 Å². The SMILES string of the molecule is Cc1cc(C)cc(NC(=S)N(C[C@H]2CCCO2)c2c(N)n(Cc3ccccc3)c(=O)[nH]c2=O)c1. The second-order valence-corrected chi connectivity index (χ2v) is 9.00. The number of hydrogen-bond donors (Lipinski definition) is 3. The zero-order valence-electron chi connectivity index (χ0n) is 19.3. The maximum atomic E-state index is 13.0. The fourth-order valence-corrected chi connectivity index (χ4v) is 4.55. The predicted octanol–water partition coefficient (Wildman–Crippen LogP) is 3.17. The lowest BCUT2D eigenvalue weighted by Crippen LogP contribution is -2.46. The number of ether oxygens (including phenoxy) is 1. The lowest BCUT2D eigenvalue weighted by Gasteiger charge is -2.29. The Morgan fingerprint density at radius 3 is 2.56 bits per heavy atom. The average molecular weight is 480 g/mol. The summed E-state index contributed by atoms with van der Waals surface area (Å²) in [5.74, 6) is 0.0557. The lowest BCUT2D eigenvalue weighted by molar-refractivity contribution is 0.118. The van der Waals surface area contributed by atoms with Gasteiger partial charge in [-0.3, -0.25) is 14.3 Å². The molecule has 34 heavy (non-hydrogen) atoms. The van der Waals surface area contributed by atoms with E-state index in [2.05, 4.69) is 16.4 Å². The third-order valence-electron chi connectivity index (χ3n) is 5.80. The Labute approximate surface area is 203 Å². The second kappa shape index (κ2) is 10.2. The number of aromatic amines is 1. The summed E-state index contributed by atoms with van der Waals surface area (Å²) in [5, 5.41) is 3.55. The number of anilines is 3. The van der Waals surface area contributed by atoms with Crippen LogP contribution in [0.5, 0.6) is 0 Å². The van der Waals surface area contributed by atoms with Crippen LogP contribution in [0.15, 0.2) is 58.1 Å². The Morgan fingerprint density at radius 2 is 1.91 bits per heavy atom. The molecule has 1 fully saturated rings. The van der Waals surface area contributed by atoms with E-state index in [1.54, 1.807) is 4.90 Å². The third kappa shape index (κ3) is 5.37. The molecule has 0 unspecified atom stereocenters. The van der Waals surface area contributed by atoms with Crippen LogP contribution in [-0.2, 0) is 11.3 Å². The van der Waals surface area contributed by atoms with Gasteiger partial charge in [-0.05, 0) is 67.7 Å². The minimum atomic E-state index is -0.589. The molecule has 0 bridgehead atoms. The molecule has 1 aromatic heterocycles. The number of aryl methyl sites for hydroxylation is 2. The predicted molar refractivity (Wildman–Crippen MR) is 140 cm³/mol. The molecule has 1 saturated heterocycles. The molecular formula is C25H29N5O3S. The molecule has 0 amide bonds. The van der Waals surface area contributed by atoms with Crippen LogP contribution < -0.4 is 27.2 Å². The Bertz CT molecular complexity index is 1280. The van der Waals surface area contributed by atoms with Gasteiger partial charge in [0.25, 0.3) is 5.56 Å². The first-order chi connectivity index (χ1) is 16.3. The Kier molecular flexibility index (Phi) is 7.14. The summed E-state index contributed by atoms with van der Waals surface area (Å²) in [6, 6.07) is 15.5. The lowest BCUT2D eigenvalue weighted by atomic mass is 10.1. The van der Waals surface area contributed by atoms with Gasteiger partial charge in [0.15, 0.2) is 10.8 Å². The summed E-state index contributed by atoms with van der Waals surface area (Å²) in [6.07, 6.45) is 1.69. The van der Waals surface area contributed by atoms with Crippen molar-refractivity contribution in [2.45, 2.75) is 39.3 Å². The zero-order chi connectivity index (χ0) is 24.2. The van der Waals surface area contributed by atoms with Crippen molar-refractivity contribution >= 4 is 34.5 Å². The molecule has 4 rings (SSSR count). The maximum absolute atomic E-state index is 13.0. The van der Waals surface area contributed by atoms with Crippen molar-refractivity contribution in [3.05, 3.63) is 86.1 Å². The fourth-order valence-electron chi connectivity index (χ4n) is 4.27. The van der Waals surface area contributed by atoms with Crippen molar-refractivity contribution in [2.75, 3.05) is 29.1 Å². The summed E-state index contributed by atoms with van der Waals surface area (Å²) in [5.41, 5.74) is 9.31. The number of nitrogens with one attached hydrogen (secondary N) is 2. The van der Waals surface area contributed by atoms with Gasteiger partial charge in [0.2, 0.25) is 0 Å². The van der Waals surface area contributed by atoms with Gasteiger partial charge >= 0.3 is 5.69 Å². The molecule has 0 radical (unpaired) electrons. The fraction of sp³-hybridized carbons (Fsp3) is 0.320. The highest BCUT2D eigenvalue weighted by Crippen LogP contribution is 2.23. The molecule has 0 aliphatic carbocycles. The van der Waals surface area contributed by atoms with Gasteiger partial charge in [-0.15, -0.1) is 0 Å². The summed E-state index contributed by atoms with van der Waals surface area (Å²) in [7, 11) is 0. The first-order valence-electron chi connectivity index (χ1n) is 11.3. The summed E-state index contributed by atoms with van der Waals surface area (Å²) in [4.78, 5) is 29.7. The van der Waals surface area contributed by atoms with Gasteiger partial charge in [-0.1, -0.05) is 36.4 Å². The molecule has 2 aromatic carbocycles. The van der Waals surface area contributed by atoms with E-state index < -0.39 is 11.2 Å². The van der Waals surface area contributed by atoms with Crippen molar-refractivity contribution in [3.63, 3.8) is 0 Å². The van der Waals surface area contributed by atoms with Crippen LogP contribution in [0, 0.1) is 13.8 Å². The third-order valence-corrected chi connectivity index (χ3v) is 6.12. The quantitative estimate of drug-likeness (QED) is 0.467. The highest BCUT2D eigenvalue weighted by Gasteiger charge is 2.27. The molecule has 9 heteroatoms. The van der Waals surface area contributed by atoms with Crippen molar-refractivity contribution in [1.29, 1.82) is 0 Å². The van der Waals surface area contributed by atoms with Gasteiger partial charge in [0.1, 0.15) is 5.82 Å². The monoisotopic (exact) mass is 479 g/mol. The molecule has 3 aromatic rings. The highest BCUT2D eigenvalue weighted by atomic mass is 32.1. The Hall–Kier alpha value is -3.43. The van der Waals surface area contributed by atoms with Crippen LogP contribution in [0.3, 0.4) is 0 Å². The van der Waals surface area contributed by atoms with E-state index in [0.717, 1.165) is 35.2 Å². The first-order valence-corrected chi connectivity index (χ1v) is 11.7. The average Bonchev–Trinajstić information content (AvgIpc) is 3.29. The van der Waals surface area contributed by atoms with Crippen LogP contribution in [-0.4, -0.2) is 33.9 Å². The summed E-state index contributed by atoms with van der Waals surface area (Å²) < 4.78 is 7.18. The molecule has 1 aliphatic heterocycles. The number of thiocarbonyl (C=S) groups is 1. The molecule has 178 valence electrons. The van der Waals surface area contributed by atoms with Crippen LogP contribution in [0.2, 0.25) is 0 Å². The van der Waals surface area contributed by atoms with E-state index in [1.165, 1.54) is 4.57 Å². The number of nitrogens with two attached hydrogens (primary N) is 1. The maximum Gasteiger partial charge on any atom is 0.330 e. The summed E-state index contributed by atoms with van der Waals surface area (Å²) in [6.45, 7) is 5.24. The Balaban J connectivity index is 1.74. The number of rotatable bonds is 6. The van der Waals surface area contributed by atoms with Gasteiger partial charge < -0.3 is 20.7 Å². The van der Waals surface area contributed by atoms with Crippen LogP contribution in [0.25, 0.3) is 0 Å². The number of benzene rings is 2. The van der Waals surface area contributed by atoms with E-state index in [0.29, 0.717) is 18.3 Å². The molecular weight excluding hydrogens is 450 g/mol. The molecule has 1 atom stereocenters. The molecule has 8 nitrogen and oxygen atoms in total. The number of nitrogens with zero attached hydrogens (tertiary/aromatic N) is 2. The van der Waals surface area contributed by atoms with Crippen LogP contribution in [0.4, 0.5) is 17.2 Å². The van der Waals surface area contributed by atoms with Crippen molar-refractivity contribution in [2.24, 2.45) is 0 Å². The molecule has 1 aliphatic rings. The number of H-pyrrole nitrogens is 1. The zero-order valence-corrected chi connectivity index (χ0v) is 20.2. The minimum absolute atomic E-state index is 0.0557. The first kappa shape index (κ1) is 23.7. The van der Waals surface area contributed by atoms with Crippen molar-refractivity contribution in [1.82, 2.24) is 9.55 Å². The molecule has 0 spiro atoms. The van der Waals surface area contributed by atoms with E-state index in [-0.39, 0.29) is 24.2 Å². The molecule has 0 saturated carbocycles. The highest BCUT2D eigenvalue weighted by molar-refractivity contribution is 7.80. The largest absolute Gasteiger partial charge is 0.383 e. The van der Waals surface area contributed by atoms with Gasteiger partial charge in [0, 0.05) is 12.3 Å². The number of hydrogen-bond acceptors (Lipinski definition) is 5. The van der Waals surface area contributed by atoms with Gasteiger partial charge in [0.05, 0.1) is 19.2 Å². The van der Waals surface area contributed by atoms with Gasteiger partial charge in [-0.25, -0.2) is 4.79 Å². The normalized spacial score (nSPS) is 15.3. The summed E-state index contributed by atoms with van der Waals surface area (Å²) >= 11 is 5.75. The van der Waals surface area contributed by atoms with E-state index in [9.17, 15) is 9.59 Å².